The fourth-order valence-corrected chi connectivity index (χ4v) is 1.48. The molecule has 1 N–H and O–H groups in total. The summed E-state index contributed by atoms with van der Waals surface area (Å²) in [4.78, 5) is 11.5. The van der Waals surface area contributed by atoms with Gasteiger partial charge in [-0.05, 0) is 24.6 Å². The van der Waals surface area contributed by atoms with Crippen molar-refractivity contribution in [3.8, 4) is 0 Å². The normalized spacial score (nSPS) is 12.6. The van der Waals surface area contributed by atoms with Crippen molar-refractivity contribution in [2.45, 2.75) is 26.8 Å². The molecule has 0 heterocycles. The Kier molecular flexibility index (Phi) is 4.33. The summed E-state index contributed by atoms with van der Waals surface area (Å²) in [6.07, 6.45) is 0. The zero-order chi connectivity index (χ0) is 11.4. The maximum absolute atomic E-state index is 11.5. The highest BCUT2D eigenvalue weighted by Crippen LogP contribution is 2.16. The van der Waals surface area contributed by atoms with Gasteiger partial charge in [0.15, 0.2) is 0 Å². The van der Waals surface area contributed by atoms with Gasteiger partial charge in [-0.1, -0.05) is 41.9 Å². The molecule has 1 aromatic carbocycles. The second kappa shape index (κ2) is 5.31. The van der Waals surface area contributed by atoms with E-state index >= 15 is 0 Å². The molecule has 1 aromatic rings. The van der Waals surface area contributed by atoms with E-state index in [1.165, 1.54) is 0 Å². The van der Waals surface area contributed by atoms with Crippen molar-refractivity contribution in [2.75, 3.05) is 0 Å². The molecule has 0 fully saturated rings. The van der Waals surface area contributed by atoms with Crippen LogP contribution in [0.25, 0.3) is 0 Å². The summed E-state index contributed by atoms with van der Waals surface area (Å²) in [6, 6.07) is 8.04. The zero-order valence-electron chi connectivity index (χ0n) is 9.25. The van der Waals surface area contributed by atoms with E-state index in [1.54, 1.807) is 0 Å². The van der Waals surface area contributed by atoms with Crippen LogP contribution in [-0.2, 0) is 4.79 Å². The third-order valence-electron chi connectivity index (χ3n) is 2.25. The molecule has 0 aliphatic carbocycles. The Balaban J connectivity index is 2.65. The van der Waals surface area contributed by atoms with E-state index in [2.05, 4.69) is 21.2 Å². The predicted molar refractivity (Wildman–Crippen MR) is 65.5 cm³/mol. The molecule has 0 aromatic heterocycles. The number of carbonyl (C=O) groups excluding carboxylic acids is 1. The van der Waals surface area contributed by atoms with E-state index in [1.807, 2.05) is 45.0 Å². The van der Waals surface area contributed by atoms with Crippen molar-refractivity contribution in [1.29, 1.82) is 0 Å². The van der Waals surface area contributed by atoms with Gasteiger partial charge in [-0.25, -0.2) is 0 Å². The first-order valence-electron chi connectivity index (χ1n) is 5.06. The largest absolute Gasteiger partial charge is 0.349 e. The van der Waals surface area contributed by atoms with E-state index < -0.39 is 0 Å². The van der Waals surface area contributed by atoms with Crippen molar-refractivity contribution in [3.05, 3.63) is 34.3 Å². The van der Waals surface area contributed by atoms with Crippen molar-refractivity contribution in [3.63, 3.8) is 0 Å². The van der Waals surface area contributed by atoms with Gasteiger partial charge < -0.3 is 5.32 Å². The second-order valence-corrected chi connectivity index (χ2v) is 4.85. The molecule has 0 aliphatic rings. The third kappa shape index (κ3) is 3.67. The Hall–Kier alpha value is -0.830. The lowest BCUT2D eigenvalue weighted by Gasteiger charge is -2.15. The molecular weight excluding hydrogens is 254 g/mol. The number of benzene rings is 1. The highest BCUT2D eigenvalue weighted by atomic mass is 79.9. The highest BCUT2D eigenvalue weighted by Gasteiger charge is 2.11. The van der Waals surface area contributed by atoms with Crippen molar-refractivity contribution < 1.29 is 4.79 Å². The lowest BCUT2D eigenvalue weighted by Crippen LogP contribution is -2.30. The molecule has 15 heavy (non-hydrogen) atoms. The van der Waals surface area contributed by atoms with E-state index in [0.717, 1.165) is 10.0 Å². The standard InChI is InChI=1S/C12H16BrNO/c1-8(2)12(15)14-9(3)10-4-6-11(13)7-5-10/h4-9H,1-3H3,(H,14,15)/t9-/m0/s1. The van der Waals surface area contributed by atoms with Crippen molar-refractivity contribution >= 4 is 21.8 Å². The van der Waals surface area contributed by atoms with E-state index in [4.69, 9.17) is 0 Å². The molecule has 0 saturated carbocycles. The average Bonchev–Trinajstić information content (AvgIpc) is 2.18. The predicted octanol–water partition coefficient (Wildman–Crippen LogP) is 3.28. The number of carbonyl (C=O) groups is 1. The van der Waals surface area contributed by atoms with Gasteiger partial charge in [0.25, 0.3) is 0 Å². The number of amides is 1. The molecule has 0 unspecified atom stereocenters. The first kappa shape index (κ1) is 12.2. The van der Waals surface area contributed by atoms with Crippen LogP contribution in [0.15, 0.2) is 28.7 Å². The molecule has 82 valence electrons. The van der Waals surface area contributed by atoms with Gasteiger partial charge in [0, 0.05) is 10.4 Å². The van der Waals surface area contributed by atoms with Gasteiger partial charge in [-0.2, -0.15) is 0 Å². The minimum atomic E-state index is 0.0305. The van der Waals surface area contributed by atoms with Gasteiger partial charge in [0.05, 0.1) is 6.04 Å². The van der Waals surface area contributed by atoms with Gasteiger partial charge >= 0.3 is 0 Å². The molecule has 3 heteroatoms. The van der Waals surface area contributed by atoms with Crippen LogP contribution >= 0.6 is 15.9 Å². The van der Waals surface area contributed by atoms with Gasteiger partial charge in [0.2, 0.25) is 5.91 Å². The topological polar surface area (TPSA) is 29.1 Å². The first-order valence-corrected chi connectivity index (χ1v) is 5.86. The van der Waals surface area contributed by atoms with Gasteiger partial charge in [-0.3, -0.25) is 4.79 Å². The average molecular weight is 270 g/mol. The van der Waals surface area contributed by atoms with Gasteiger partial charge in [-0.15, -0.1) is 0 Å². The second-order valence-electron chi connectivity index (χ2n) is 3.94. The number of hydrogen-bond donors (Lipinski definition) is 1. The monoisotopic (exact) mass is 269 g/mol. The van der Waals surface area contributed by atoms with E-state index in [9.17, 15) is 4.79 Å². The molecule has 0 aliphatic heterocycles. The minimum Gasteiger partial charge on any atom is -0.349 e. The minimum absolute atomic E-state index is 0.0305. The van der Waals surface area contributed by atoms with Crippen LogP contribution in [-0.4, -0.2) is 5.91 Å². The molecule has 0 bridgehead atoms. The maximum atomic E-state index is 11.5. The number of hydrogen-bond acceptors (Lipinski definition) is 1. The van der Waals surface area contributed by atoms with Crippen molar-refractivity contribution in [1.82, 2.24) is 5.32 Å². The Morgan fingerprint density at radius 3 is 2.20 bits per heavy atom. The highest BCUT2D eigenvalue weighted by molar-refractivity contribution is 9.10. The summed E-state index contributed by atoms with van der Waals surface area (Å²) >= 11 is 3.38. The molecule has 1 atom stereocenters. The smallest absolute Gasteiger partial charge is 0.223 e. The maximum Gasteiger partial charge on any atom is 0.223 e. The molecule has 0 radical (unpaired) electrons. The summed E-state index contributed by atoms with van der Waals surface area (Å²) in [7, 11) is 0. The zero-order valence-corrected chi connectivity index (χ0v) is 10.8. The van der Waals surface area contributed by atoms with Crippen molar-refractivity contribution in [2.24, 2.45) is 5.92 Å². The van der Waals surface area contributed by atoms with Crippen LogP contribution in [0.4, 0.5) is 0 Å². The fourth-order valence-electron chi connectivity index (χ4n) is 1.21. The number of rotatable bonds is 3. The number of nitrogens with one attached hydrogen (secondary N) is 1. The lowest BCUT2D eigenvalue weighted by molar-refractivity contribution is -0.124. The van der Waals surface area contributed by atoms with Crippen LogP contribution in [0, 0.1) is 5.92 Å². The first-order chi connectivity index (χ1) is 7.00. The Labute approximate surface area is 99.2 Å². The molecule has 0 spiro atoms. The molecule has 0 saturated heterocycles. The third-order valence-corrected chi connectivity index (χ3v) is 2.78. The summed E-state index contributed by atoms with van der Waals surface area (Å²) in [5, 5.41) is 2.96. The Morgan fingerprint density at radius 1 is 1.20 bits per heavy atom. The summed E-state index contributed by atoms with van der Waals surface area (Å²) in [6.45, 7) is 5.77. The quantitative estimate of drug-likeness (QED) is 0.897. The van der Waals surface area contributed by atoms with E-state index in [-0.39, 0.29) is 17.9 Å². The van der Waals surface area contributed by atoms with Crippen LogP contribution in [0.2, 0.25) is 0 Å². The van der Waals surface area contributed by atoms with Crippen LogP contribution in [0.1, 0.15) is 32.4 Å². The van der Waals surface area contributed by atoms with Crippen LogP contribution in [0.5, 0.6) is 0 Å². The van der Waals surface area contributed by atoms with Gasteiger partial charge in [0.1, 0.15) is 0 Å². The van der Waals surface area contributed by atoms with E-state index in [0.29, 0.717) is 0 Å². The molecule has 1 rings (SSSR count). The number of halogens is 1. The summed E-state index contributed by atoms with van der Waals surface area (Å²) in [5.74, 6) is 0.119. The lowest BCUT2D eigenvalue weighted by atomic mass is 10.1. The SMILES string of the molecule is CC(C)C(=O)N[C@@H](C)c1ccc(Br)cc1. The molecule has 2 nitrogen and oxygen atoms in total. The Bertz CT molecular complexity index is 332. The Morgan fingerprint density at radius 2 is 1.73 bits per heavy atom. The summed E-state index contributed by atoms with van der Waals surface area (Å²) < 4.78 is 1.05. The van der Waals surface area contributed by atoms with Crippen LogP contribution in [0.3, 0.4) is 0 Å². The van der Waals surface area contributed by atoms with Crippen LogP contribution < -0.4 is 5.32 Å². The summed E-state index contributed by atoms with van der Waals surface area (Å²) in [5.41, 5.74) is 1.12. The molecule has 1 amide bonds. The molecular formula is C12H16BrNO. The fraction of sp³-hybridized carbons (Fsp3) is 0.417.